The second-order valence-corrected chi connectivity index (χ2v) is 9.90. The molecule has 0 aliphatic carbocycles. The molecule has 0 spiro atoms. The number of aliphatic carboxylic acids is 1. The van der Waals surface area contributed by atoms with Gasteiger partial charge in [0.05, 0.1) is 17.9 Å². The maximum atomic E-state index is 12.9. The van der Waals surface area contributed by atoms with E-state index >= 15 is 0 Å². The number of β-lactam (4-membered cyclic amide) rings is 1. The largest absolute Gasteiger partial charge is 0.543 e. The van der Waals surface area contributed by atoms with E-state index in [2.05, 4.69) is 19.8 Å². The number of rotatable bonds is 9. The zero-order chi connectivity index (χ0) is 24.4. The van der Waals surface area contributed by atoms with E-state index in [-0.39, 0.29) is 34.8 Å². The molecular formula is C18H20N8O5S3. The normalized spacial score (nSPS) is 20.1. The molecule has 2 aliphatic heterocycles. The maximum absolute atomic E-state index is 12.9. The number of nitrogens with zero attached hydrogens (tertiary/aromatic N) is 6. The Morgan fingerprint density at radius 1 is 1.50 bits per heavy atom. The highest BCUT2D eigenvalue weighted by Crippen LogP contribution is 2.40. The molecule has 0 radical (unpaired) electrons. The minimum absolute atomic E-state index is 0.0294. The van der Waals surface area contributed by atoms with Gasteiger partial charge in [0.25, 0.3) is 11.8 Å². The fourth-order valence-electron chi connectivity index (χ4n) is 3.47. The number of nitrogens with one attached hydrogen (secondary N) is 1. The van der Waals surface area contributed by atoms with Crippen molar-refractivity contribution in [3.05, 3.63) is 35.6 Å². The molecule has 4 rings (SSSR count). The molecule has 0 bridgehead atoms. The fourth-order valence-corrected chi connectivity index (χ4v) is 5.40. The van der Waals surface area contributed by atoms with Gasteiger partial charge in [0.1, 0.15) is 18.0 Å². The maximum Gasteiger partial charge on any atom is 0.278 e. The number of aryl methyl sites for hydroxylation is 1. The topological polar surface area (TPSA) is 172 Å². The number of oxime groups is 1. The van der Waals surface area contributed by atoms with Crippen molar-refractivity contribution < 1.29 is 29.0 Å². The lowest BCUT2D eigenvalue weighted by molar-refractivity contribution is -0.752. The Kier molecular flexibility index (Phi) is 7.08. The van der Waals surface area contributed by atoms with Crippen LogP contribution in [-0.4, -0.2) is 71.8 Å². The zero-order valence-electron chi connectivity index (χ0n) is 18.0. The van der Waals surface area contributed by atoms with Crippen LogP contribution in [0.1, 0.15) is 5.82 Å². The highest BCUT2D eigenvalue weighted by atomic mass is 32.2. The van der Waals surface area contributed by atoms with Gasteiger partial charge >= 0.3 is 0 Å². The first-order chi connectivity index (χ1) is 16.3. The molecule has 16 heteroatoms. The van der Waals surface area contributed by atoms with Crippen molar-refractivity contribution in [1.29, 1.82) is 0 Å². The van der Waals surface area contributed by atoms with E-state index in [0.717, 1.165) is 16.4 Å². The molecule has 2 aliphatic rings. The summed E-state index contributed by atoms with van der Waals surface area (Å²) in [4.78, 5) is 48.0. The molecule has 13 nitrogen and oxygen atoms in total. The summed E-state index contributed by atoms with van der Waals surface area (Å²) >= 11 is 3.59. The molecule has 180 valence electrons. The van der Waals surface area contributed by atoms with Crippen LogP contribution in [0.2, 0.25) is 0 Å². The molecule has 2 aromatic heterocycles. The second-order valence-electron chi connectivity index (χ2n) is 7.19. The minimum atomic E-state index is -1.44. The Hall–Kier alpha value is -3.11. The average Bonchev–Trinajstić information content (AvgIpc) is 3.42. The third-order valence-electron chi connectivity index (χ3n) is 5.04. The number of nitrogen functional groups attached to an aromatic ring is 1. The predicted molar refractivity (Wildman–Crippen MR) is 123 cm³/mol. The fraction of sp³-hybridized carbons (Fsp3) is 0.389. The summed E-state index contributed by atoms with van der Waals surface area (Å²) < 4.78 is 7.60. The van der Waals surface area contributed by atoms with Gasteiger partial charge in [0.2, 0.25) is 11.5 Å². The van der Waals surface area contributed by atoms with Gasteiger partial charge in [0.15, 0.2) is 24.3 Å². The highest BCUT2D eigenvalue weighted by molar-refractivity contribution is 8.00. The summed E-state index contributed by atoms with van der Waals surface area (Å²) in [5.74, 6) is -2.23. The summed E-state index contributed by atoms with van der Waals surface area (Å²) in [6, 6.07) is 0.864. The third-order valence-corrected chi connectivity index (χ3v) is 7.26. The number of carbonyl (C=O) groups excluding carboxylic acids is 3. The molecule has 2 atom stereocenters. The van der Waals surface area contributed by atoms with Crippen LogP contribution < -0.4 is 20.8 Å². The first kappa shape index (κ1) is 24.0. The lowest BCUT2D eigenvalue weighted by Crippen LogP contribution is -2.71. The standard InChI is InChI=1S/C18H20N8O5S3/c1-24-4-3-5-25(24)6-9-7-33-16-11(15(28)26(16)12(9)17(29)30)20-14(27)10(22-31-8-32-2)13-21-18(19)34-23-13/h3-5,11,16H,6-8H2,1-2H3,(H3-,19,20,21,23,27,29,30)/t11?,16-/m1/s1. The number of carboxylic acids is 1. The Morgan fingerprint density at radius 3 is 2.91 bits per heavy atom. The monoisotopic (exact) mass is 524 g/mol. The molecule has 34 heavy (non-hydrogen) atoms. The van der Waals surface area contributed by atoms with E-state index in [0.29, 0.717) is 11.3 Å². The number of fused-ring (bicyclic) bond motifs is 1. The van der Waals surface area contributed by atoms with Crippen molar-refractivity contribution in [3.8, 4) is 0 Å². The molecule has 4 heterocycles. The summed E-state index contributed by atoms with van der Waals surface area (Å²) in [7, 11) is 1.82. The summed E-state index contributed by atoms with van der Waals surface area (Å²) in [5, 5.41) is 17.9. The Morgan fingerprint density at radius 2 is 2.29 bits per heavy atom. The van der Waals surface area contributed by atoms with Gasteiger partial charge < -0.3 is 25.8 Å². The van der Waals surface area contributed by atoms with Crippen LogP contribution in [0.25, 0.3) is 0 Å². The third kappa shape index (κ3) is 4.60. The SMILES string of the molecule is CSCON=C(C(=O)NC1C(=O)N2C(C(=O)[O-])=C(Cn3ccc[n+]3C)CS[C@H]12)c1nsc(N)n1. The predicted octanol–water partition coefficient (Wildman–Crippen LogP) is -2.11. The van der Waals surface area contributed by atoms with Gasteiger partial charge in [-0.05, 0) is 11.8 Å². The Bertz CT molecular complexity index is 1190. The van der Waals surface area contributed by atoms with E-state index in [1.807, 2.05) is 24.0 Å². The molecule has 2 aromatic rings. The molecule has 1 saturated heterocycles. The van der Waals surface area contributed by atoms with E-state index in [9.17, 15) is 19.5 Å². The van der Waals surface area contributed by atoms with Crippen molar-refractivity contribution in [2.75, 3.05) is 23.7 Å². The van der Waals surface area contributed by atoms with Gasteiger partial charge in [-0.1, -0.05) is 5.16 Å². The Balaban J connectivity index is 1.53. The van der Waals surface area contributed by atoms with Crippen molar-refractivity contribution >= 4 is 63.7 Å². The summed E-state index contributed by atoms with van der Waals surface area (Å²) in [5.41, 5.74) is 5.76. The van der Waals surface area contributed by atoms with Crippen molar-refractivity contribution in [2.24, 2.45) is 12.2 Å². The minimum Gasteiger partial charge on any atom is -0.543 e. The molecular weight excluding hydrogens is 504 g/mol. The van der Waals surface area contributed by atoms with Crippen LogP contribution in [0.15, 0.2) is 34.9 Å². The smallest absolute Gasteiger partial charge is 0.278 e. The molecule has 3 N–H and O–H groups in total. The first-order valence-electron chi connectivity index (χ1n) is 9.80. The number of nitrogens with two attached hydrogens (primary N) is 1. The molecule has 2 amide bonds. The van der Waals surface area contributed by atoms with Gasteiger partial charge in [-0.3, -0.25) is 14.5 Å². The van der Waals surface area contributed by atoms with Crippen LogP contribution in [0.3, 0.4) is 0 Å². The first-order valence-corrected chi connectivity index (χ1v) is 13.0. The molecule has 1 fully saturated rings. The number of anilines is 1. The average molecular weight is 525 g/mol. The number of carboxylic acid groups (broad SMARTS) is 1. The zero-order valence-corrected chi connectivity index (χ0v) is 20.5. The number of aromatic nitrogens is 4. The van der Waals surface area contributed by atoms with Gasteiger partial charge in [-0.2, -0.15) is 14.0 Å². The van der Waals surface area contributed by atoms with E-state index in [1.54, 1.807) is 17.1 Å². The molecule has 0 saturated carbocycles. The second kappa shape index (κ2) is 10.0. The number of thioether (sulfide) groups is 2. The van der Waals surface area contributed by atoms with Crippen LogP contribution in [0.5, 0.6) is 0 Å². The molecule has 1 unspecified atom stereocenters. The molecule has 0 aromatic carbocycles. The Labute approximate surface area is 206 Å². The number of amides is 2. The summed E-state index contributed by atoms with van der Waals surface area (Å²) in [6.07, 6.45) is 5.42. The summed E-state index contributed by atoms with van der Waals surface area (Å²) in [6.45, 7) is 0.286. The van der Waals surface area contributed by atoms with Crippen LogP contribution in [-0.2, 0) is 32.8 Å². The lowest BCUT2D eigenvalue weighted by atomic mass is 10.0. The lowest BCUT2D eigenvalue weighted by Gasteiger charge is -2.50. The van der Waals surface area contributed by atoms with Crippen LogP contribution >= 0.6 is 35.1 Å². The van der Waals surface area contributed by atoms with Gasteiger partial charge in [-0.15, -0.1) is 28.2 Å². The van der Waals surface area contributed by atoms with Crippen LogP contribution in [0.4, 0.5) is 5.13 Å². The number of carbonyl (C=O) groups is 3. The van der Waals surface area contributed by atoms with Crippen molar-refractivity contribution in [1.82, 2.24) is 24.3 Å². The van der Waals surface area contributed by atoms with Gasteiger partial charge in [0, 0.05) is 23.4 Å². The number of hydrogen-bond acceptors (Lipinski definition) is 12. The van der Waals surface area contributed by atoms with E-state index < -0.39 is 29.2 Å². The van der Waals surface area contributed by atoms with Crippen LogP contribution in [0, 0.1) is 0 Å². The quantitative estimate of drug-likeness (QED) is 0.0923. The van der Waals surface area contributed by atoms with Gasteiger partial charge in [-0.25, -0.2) is 0 Å². The number of hydrogen-bond donors (Lipinski definition) is 2. The highest BCUT2D eigenvalue weighted by Gasteiger charge is 2.53. The van der Waals surface area contributed by atoms with E-state index in [4.69, 9.17) is 10.6 Å². The van der Waals surface area contributed by atoms with E-state index in [1.165, 1.54) is 23.5 Å². The van der Waals surface area contributed by atoms with Crippen molar-refractivity contribution in [3.63, 3.8) is 0 Å². The van der Waals surface area contributed by atoms with Crippen molar-refractivity contribution in [2.45, 2.75) is 18.0 Å².